The highest BCUT2D eigenvalue weighted by Gasteiger charge is 2.39. The van der Waals surface area contributed by atoms with Gasteiger partial charge in [-0.05, 0) is 96.3 Å². The van der Waals surface area contributed by atoms with E-state index in [1.807, 2.05) is 42.2 Å². The van der Waals surface area contributed by atoms with Gasteiger partial charge in [0.05, 0.1) is 21.1 Å². The number of carbonyl (C=O) groups excluding carboxylic acids is 1. The number of hydrogen-bond donors (Lipinski definition) is 0. The maximum Gasteiger partial charge on any atom is 0.266 e. The molecule has 0 atom stereocenters. The summed E-state index contributed by atoms with van der Waals surface area (Å²) in [6, 6.07) is 14.8. The molecule has 1 amide bonds. The Morgan fingerprint density at radius 2 is 1.71 bits per heavy atom. The van der Waals surface area contributed by atoms with Crippen LogP contribution in [0.15, 0.2) is 52.4 Å². The molecular weight excluding hydrogens is 607 g/mol. The number of rotatable bonds is 8. The quantitative estimate of drug-likeness (QED) is 0.215. The molecule has 5 nitrogen and oxygen atoms in total. The summed E-state index contributed by atoms with van der Waals surface area (Å²) in [7, 11) is 0. The lowest BCUT2D eigenvalue weighted by atomic mass is 9.94. The van der Waals surface area contributed by atoms with Crippen molar-refractivity contribution < 1.29 is 14.3 Å². The van der Waals surface area contributed by atoms with Crippen molar-refractivity contribution >= 4 is 51.5 Å². The van der Waals surface area contributed by atoms with Crippen LogP contribution in [0.25, 0.3) is 6.08 Å². The van der Waals surface area contributed by atoms with Gasteiger partial charge in [0.2, 0.25) is 0 Å². The van der Waals surface area contributed by atoms with E-state index in [2.05, 4.69) is 40.8 Å². The third-order valence-corrected chi connectivity index (χ3v) is 9.30. The lowest BCUT2D eigenvalue weighted by molar-refractivity contribution is -0.124. The highest BCUT2D eigenvalue weighted by molar-refractivity contribution is 14.1. The molecule has 2 saturated carbocycles. The summed E-state index contributed by atoms with van der Waals surface area (Å²) in [6.07, 6.45) is 13.9. The van der Waals surface area contributed by atoms with Gasteiger partial charge in [-0.25, -0.2) is 0 Å². The summed E-state index contributed by atoms with van der Waals surface area (Å²) in [6.45, 7) is 2.99. The Kier molecular flexibility index (Phi) is 9.70. The van der Waals surface area contributed by atoms with Gasteiger partial charge in [0.1, 0.15) is 6.61 Å². The summed E-state index contributed by atoms with van der Waals surface area (Å²) in [4.78, 5) is 21.7. The van der Waals surface area contributed by atoms with E-state index in [9.17, 15) is 4.79 Å². The molecule has 1 saturated heterocycles. The fraction of sp³-hybridized carbons (Fsp3) is 0.484. The average Bonchev–Trinajstić information content (AvgIpc) is 3.24. The second-order valence-electron chi connectivity index (χ2n) is 10.3. The maximum absolute atomic E-state index is 13.8. The fourth-order valence-electron chi connectivity index (χ4n) is 5.56. The molecule has 0 spiro atoms. The normalized spacial score (nSPS) is 21.4. The van der Waals surface area contributed by atoms with Crippen molar-refractivity contribution in [2.45, 2.75) is 89.8 Å². The van der Waals surface area contributed by atoms with Gasteiger partial charge < -0.3 is 9.47 Å². The van der Waals surface area contributed by atoms with E-state index < -0.39 is 0 Å². The Morgan fingerprint density at radius 3 is 2.42 bits per heavy atom. The van der Waals surface area contributed by atoms with Gasteiger partial charge in [-0.1, -0.05) is 68.9 Å². The lowest BCUT2D eigenvalue weighted by Gasteiger charge is -2.31. The van der Waals surface area contributed by atoms with Crippen molar-refractivity contribution in [1.82, 2.24) is 4.90 Å². The Morgan fingerprint density at radius 1 is 1.00 bits per heavy atom. The van der Waals surface area contributed by atoms with Crippen LogP contribution in [0, 0.1) is 3.57 Å². The van der Waals surface area contributed by atoms with Crippen LogP contribution in [0.5, 0.6) is 11.5 Å². The molecule has 5 rings (SSSR count). The predicted octanol–water partition coefficient (Wildman–Crippen LogP) is 8.21. The van der Waals surface area contributed by atoms with Gasteiger partial charge in [0, 0.05) is 6.04 Å². The summed E-state index contributed by atoms with van der Waals surface area (Å²) < 4.78 is 13.2. The molecule has 2 aliphatic carbocycles. The van der Waals surface area contributed by atoms with E-state index >= 15 is 0 Å². The number of nitrogens with zero attached hydrogens (tertiary/aromatic N) is 2. The number of carbonyl (C=O) groups is 1. The van der Waals surface area contributed by atoms with E-state index in [-0.39, 0.29) is 11.9 Å². The topological polar surface area (TPSA) is 51.1 Å². The van der Waals surface area contributed by atoms with Crippen molar-refractivity contribution in [3.63, 3.8) is 0 Å². The Balaban J connectivity index is 1.41. The lowest BCUT2D eigenvalue weighted by Crippen LogP contribution is -2.41. The molecular formula is C31H37IN2O3S. The zero-order chi connectivity index (χ0) is 26.3. The second-order valence-corrected chi connectivity index (χ2v) is 12.5. The van der Waals surface area contributed by atoms with Crippen LogP contribution in [-0.4, -0.2) is 34.7 Å². The minimum Gasteiger partial charge on any atom is -0.490 e. The first-order chi connectivity index (χ1) is 18.6. The van der Waals surface area contributed by atoms with E-state index in [0.29, 0.717) is 25.0 Å². The van der Waals surface area contributed by atoms with Gasteiger partial charge in [0.15, 0.2) is 16.7 Å². The van der Waals surface area contributed by atoms with Crippen LogP contribution in [0.3, 0.4) is 0 Å². The molecule has 2 aromatic carbocycles. The van der Waals surface area contributed by atoms with Gasteiger partial charge in [-0.3, -0.25) is 14.7 Å². The monoisotopic (exact) mass is 644 g/mol. The number of benzene rings is 2. The molecule has 1 aliphatic heterocycles. The third kappa shape index (κ3) is 6.76. The highest BCUT2D eigenvalue weighted by atomic mass is 127. The molecule has 0 bridgehead atoms. The third-order valence-electron chi connectivity index (χ3n) is 7.50. The molecule has 7 heteroatoms. The number of halogens is 1. The minimum absolute atomic E-state index is 0.105. The summed E-state index contributed by atoms with van der Waals surface area (Å²) in [5.74, 6) is 1.55. The summed E-state index contributed by atoms with van der Waals surface area (Å²) in [5.41, 5.74) is 2.06. The first-order valence-electron chi connectivity index (χ1n) is 14.1. The van der Waals surface area contributed by atoms with Crippen molar-refractivity contribution in [3.8, 4) is 11.5 Å². The predicted molar refractivity (Wildman–Crippen MR) is 165 cm³/mol. The smallest absolute Gasteiger partial charge is 0.266 e. The summed E-state index contributed by atoms with van der Waals surface area (Å²) >= 11 is 3.86. The fourth-order valence-corrected chi connectivity index (χ4v) is 7.45. The molecule has 2 aromatic rings. The maximum atomic E-state index is 13.8. The van der Waals surface area contributed by atoms with Gasteiger partial charge >= 0.3 is 0 Å². The van der Waals surface area contributed by atoms with Crippen LogP contribution in [0.4, 0.5) is 0 Å². The summed E-state index contributed by atoms with van der Waals surface area (Å²) in [5, 5.41) is 0.919. The molecule has 0 aromatic heterocycles. The number of ether oxygens (including phenoxy) is 2. The number of amidine groups is 1. The largest absolute Gasteiger partial charge is 0.490 e. The number of aliphatic imine (C=N–C) groups is 1. The molecule has 38 heavy (non-hydrogen) atoms. The first kappa shape index (κ1) is 27.6. The molecule has 0 radical (unpaired) electrons. The Hall–Kier alpha value is -2.00. The van der Waals surface area contributed by atoms with Crippen molar-refractivity contribution in [2.75, 3.05) is 6.61 Å². The van der Waals surface area contributed by atoms with Crippen LogP contribution in [0.2, 0.25) is 0 Å². The molecule has 202 valence electrons. The highest BCUT2D eigenvalue weighted by Crippen LogP contribution is 2.40. The number of thioether (sulfide) groups is 1. The molecule has 0 N–H and O–H groups in total. The van der Waals surface area contributed by atoms with E-state index in [4.69, 9.17) is 14.5 Å². The molecule has 3 fully saturated rings. The second kappa shape index (κ2) is 13.4. The van der Waals surface area contributed by atoms with Crippen molar-refractivity contribution in [2.24, 2.45) is 4.99 Å². The van der Waals surface area contributed by atoms with E-state index in [1.54, 1.807) is 11.8 Å². The number of hydrogen-bond acceptors (Lipinski definition) is 5. The molecule has 0 unspecified atom stereocenters. The first-order valence-corrected chi connectivity index (χ1v) is 16.0. The van der Waals surface area contributed by atoms with E-state index in [0.717, 1.165) is 56.2 Å². The van der Waals surface area contributed by atoms with Gasteiger partial charge in [0.25, 0.3) is 5.91 Å². The van der Waals surface area contributed by atoms with E-state index in [1.165, 1.54) is 38.5 Å². The van der Waals surface area contributed by atoms with Crippen LogP contribution >= 0.6 is 34.4 Å². The molecule has 1 heterocycles. The van der Waals surface area contributed by atoms with Crippen LogP contribution in [0.1, 0.15) is 82.3 Å². The van der Waals surface area contributed by atoms with Crippen molar-refractivity contribution in [3.05, 3.63) is 62.1 Å². The van der Waals surface area contributed by atoms with Gasteiger partial charge in [-0.2, -0.15) is 0 Å². The van der Waals surface area contributed by atoms with Crippen LogP contribution < -0.4 is 9.47 Å². The average molecular weight is 645 g/mol. The SMILES string of the molecule is CCOc1cc(C=C2SC(=NC3CCCCC3)N(C3CCCCC3)C2=O)cc(I)c1OCc1ccccc1. The molecule has 3 aliphatic rings. The Labute approximate surface area is 244 Å². The number of amides is 1. The van der Waals surface area contributed by atoms with Crippen molar-refractivity contribution in [1.29, 1.82) is 0 Å². The standard InChI is InChI=1S/C31H37IN2O3S/c1-2-36-27-19-23(18-26(32)29(27)37-21-22-12-6-3-7-13-22)20-28-30(35)34(25-16-10-5-11-17-25)31(38-28)33-24-14-8-4-9-15-24/h3,6-7,12-13,18-20,24-25H,2,4-5,8-11,14-17,21H2,1H3. The zero-order valence-electron chi connectivity index (χ0n) is 22.2. The zero-order valence-corrected chi connectivity index (χ0v) is 25.1. The van der Waals surface area contributed by atoms with Gasteiger partial charge in [-0.15, -0.1) is 0 Å². The van der Waals surface area contributed by atoms with Crippen LogP contribution in [-0.2, 0) is 11.4 Å². The Bertz CT molecular complexity index is 1170. The minimum atomic E-state index is 0.105.